The average Bonchev–Trinajstić information content (AvgIpc) is 2.86. The van der Waals surface area contributed by atoms with Crippen LogP contribution in [0.25, 0.3) is 0 Å². The Morgan fingerprint density at radius 2 is 2.20 bits per heavy atom. The molecule has 0 N–H and O–H groups in total. The zero-order valence-electron chi connectivity index (χ0n) is 14.4. The van der Waals surface area contributed by atoms with E-state index in [9.17, 15) is 14.9 Å². The first-order valence-corrected chi connectivity index (χ1v) is 8.41. The zero-order chi connectivity index (χ0) is 18.6. The monoisotopic (exact) mass is 365 g/mol. The Bertz CT molecular complexity index is 788. The van der Waals surface area contributed by atoms with Crippen LogP contribution in [-0.4, -0.2) is 20.7 Å². The van der Waals surface area contributed by atoms with Crippen molar-refractivity contribution in [2.24, 2.45) is 0 Å². The Labute approximate surface area is 150 Å². The largest absolute Gasteiger partial charge is 0.454 e. The topological polar surface area (TPSA) is 87.3 Å². The molecule has 2 rings (SSSR count). The maximum atomic E-state index is 12.5. The normalized spacial score (nSPS) is 12.0. The van der Waals surface area contributed by atoms with Crippen molar-refractivity contribution in [3.63, 3.8) is 0 Å². The second-order valence-electron chi connectivity index (χ2n) is 5.73. The number of nitro benzene ring substituents is 1. The van der Waals surface area contributed by atoms with Crippen LogP contribution < -0.4 is 0 Å². The smallest absolute Gasteiger partial charge is 0.343 e. The molecule has 8 heteroatoms. The van der Waals surface area contributed by atoms with E-state index in [1.165, 1.54) is 12.1 Å². The third-order valence-electron chi connectivity index (χ3n) is 3.83. The quantitative estimate of drug-likeness (QED) is 0.410. The van der Waals surface area contributed by atoms with Gasteiger partial charge in [0.15, 0.2) is 0 Å². The van der Waals surface area contributed by atoms with Crippen LogP contribution in [0.3, 0.4) is 0 Å². The molecule has 0 saturated carbocycles. The molecule has 134 valence electrons. The Balaban J connectivity index is 2.18. The molecule has 0 saturated heterocycles. The molecule has 0 aliphatic carbocycles. The molecule has 2 aromatic rings. The number of hydrogen-bond acceptors (Lipinski definition) is 5. The van der Waals surface area contributed by atoms with E-state index < -0.39 is 17.0 Å². The van der Waals surface area contributed by atoms with Crippen LogP contribution in [0.5, 0.6) is 0 Å². The summed E-state index contributed by atoms with van der Waals surface area (Å²) in [5, 5.41) is 15.4. The number of nitrogens with zero attached hydrogens (tertiary/aromatic N) is 3. The van der Waals surface area contributed by atoms with Crippen LogP contribution in [0.4, 0.5) is 5.69 Å². The summed E-state index contributed by atoms with van der Waals surface area (Å²) in [6.07, 6.45) is 1.24. The van der Waals surface area contributed by atoms with Crippen molar-refractivity contribution < 1.29 is 14.5 Å². The van der Waals surface area contributed by atoms with Gasteiger partial charge in [-0.3, -0.25) is 14.8 Å². The number of rotatable bonds is 7. The highest BCUT2D eigenvalue weighted by Gasteiger charge is 2.24. The number of ether oxygens (including phenoxy) is 1. The van der Waals surface area contributed by atoms with E-state index in [1.54, 1.807) is 30.7 Å². The fourth-order valence-electron chi connectivity index (χ4n) is 2.42. The summed E-state index contributed by atoms with van der Waals surface area (Å²) in [5.74, 6) is -0.593. The van der Waals surface area contributed by atoms with E-state index in [0.717, 1.165) is 12.8 Å². The molecule has 0 bridgehead atoms. The fraction of sp³-hybridized carbons (Fsp3) is 0.412. The molecule has 25 heavy (non-hydrogen) atoms. The summed E-state index contributed by atoms with van der Waals surface area (Å²) in [6.45, 7) is 6.04. The Kier molecular flexibility index (Phi) is 6.14. The molecule has 0 amide bonds. The molecule has 1 aromatic heterocycles. The van der Waals surface area contributed by atoms with Gasteiger partial charge < -0.3 is 4.74 Å². The van der Waals surface area contributed by atoms with Crippen molar-refractivity contribution in [2.75, 3.05) is 0 Å². The van der Waals surface area contributed by atoms with Gasteiger partial charge in [0.05, 0.1) is 10.6 Å². The van der Waals surface area contributed by atoms with Crippen LogP contribution in [0.1, 0.15) is 54.4 Å². The highest BCUT2D eigenvalue weighted by molar-refractivity contribution is 6.32. The summed E-state index contributed by atoms with van der Waals surface area (Å²) in [5.41, 5.74) is 1.21. The molecular formula is C17H20ClN3O4. The third kappa shape index (κ3) is 4.36. The van der Waals surface area contributed by atoms with Gasteiger partial charge in [-0.05, 0) is 25.8 Å². The standard InChI is InChI=1S/C17H20ClN3O4/c1-4-5-9-20-16(18)15(11(2)19-20)17(22)25-12(3)13-7-6-8-14(10-13)21(23)24/h6-8,10,12H,4-5,9H2,1-3H3/t12-/m0/s1. The maximum absolute atomic E-state index is 12.5. The number of non-ortho nitro benzene ring substituents is 1. The minimum atomic E-state index is -0.651. The van der Waals surface area contributed by atoms with Crippen LogP contribution >= 0.6 is 11.6 Å². The lowest BCUT2D eigenvalue weighted by atomic mass is 10.1. The van der Waals surface area contributed by atoms with Crippen LogP contribution in [0.15, 0.2) is 24.3 Å². The molecule has 1 heterocycles. The first-order chi connectivity index (χ1) is 11.8. The molecule has 1 atom stereocenters. The number of halogens is 1. The van der Waals surface area contributed by atoms with Crippen molar-refractivity contribution in [3.05, 3.63) is 56.4 Å². The average molecular weight is 366 g/mol. The highest BCUT2D eigenvalue weighted by Crippen LogP contribution is 2.26. The van der Waals surface area contributed by atoms with Gasteiger partial charge in [0.25, 0.3) is 5.69 Å². The van der Waals surface area contributed by atoms with E-state index >= 15 is 0 Å². The number of aromatic nitrogens is 2. The van der Waals surface area contributed by atoms with Gasteiger partial charge in [-0.2, -0.15) is 5.10 Å². The van der Waals surface area contributed by atoms with Crippen molar-refractivity contribution >= 4 is 23.3 Å². The summed E-state index contributed by atoms with van der Waals surface area (Å²) in [4.78, 5) is 22.9. The Morgan fingerprint density at radius 3 is 2.84 bits per heavy atom. The molecule has 0 radical (unpaired) electrons. The summed E-state index contributed by atoms with van der Waals surface area (Å²) in [7, 11) is 0. The van der Waals surface area contributed by atoms with Gasteiger partial charge in [0, 0.05) is 18.7 Å². The van der Waals surface area contributed by atoms with Crippen LogP contribution in [0.2, 0.25) is 5.15 Å². The number of esters is 1. The second-order valence-corrected chi connectivity index (χ2v) is 6.09. The molecule has 0 unspecified atom stereocenters. The predicted molar refractivity (Wildman–Crippen MR) is 93.8 cm³/mol. The summed E-state index contributed by atoms with van der Waals surface area (Å²) >= 11 is 6.27. The molecule has 1 aromatic carbocycles. The minimum Gasteiger partial charge on any atom is -0.454 e. The van der Waals surface area contributed by atoms with Gasteiger partial charge in [0.1, 0.15) is 16.8 Å². The SMILES string of the molecule is CCCCn1nc(C)c(C(=O)O[C@@H](C)c2cccc([N+](=O)[O-])c2)c1Cl. The minimum absolute atomic E-state index is 0.0537. The lowest BCUT2D eigenvalue weighted by Crippen LogP contribution is -2.10. The van der Waals surface area contributed by atoms with Gasteiger partial charge in [0.2, 0.25) is 0 Å². The van der Waals surface area contributed by atoms with Gasteiger partial charge >= 0.3 is 5.97 Å². The van der Waals surface area contributed by atoms with E-state index in [0.29, 0.717) is 17.8 Å². The van der Waals surface area contributed by atoms with Crippen LogP contribution in [-0.2, 0) is 11.3 Å². The number of nitro groups is 1. The highest BCUT2D eigenvalue weighted by atomic mass is 35.5. The maximum Gasteiger partial charge on any atom is 0.343 e. The number of unbranched alkanes of at least 4 members (excludes halogenated alkanes) is 1. The number of hydrogen-bond donors (Lipinski definition) is 0. The first-order valence-electron chi connectivity index (χ1n) is 8.03. The molecule has 7 nitrogen and oxygen atoms in total. The van der Waals surface area contributed by atoms with Gasteiger partial charge in [-0.15, -0.1) is 0 Å². The molecule has 0 fully saturated rings. The van der Waals surface area contributed by atoms with E-state index in [2.05, 4.69) is 12.0 Å². The predicted octanol–water partition coefficient (Wildman–Crippen LogP) is 4.47. The van der Waals surface area contributed by atoms with Crippen molar-refractivity contribution in [1.82, 2.24) is 9.78 Å². The lowest BCUT2D eigenvalue weighted by Gasteiger charge is -2.13. The number of carbonyl (C=O) groups is 1. The van der Waals surface area contributed by atoms with E-state index in [1.807, 2.05) is 0 Å². The first kappa shape index (κ1) is 18.9. The van der Waals surface area contributed by atoms with Gasteiger partial charge in [-0.25, -0.2) is 4.79 Å². The Hall–Kier alpha value is -2.41. The van der Waals surface area contributed by atoms with Gasteiger partial charge in [-0.1, -0.05) is 37.1 Å². The number of aryl methyl sites for hydroxylation is 2. The number of carbonyl (C=O) groups excluding carboxylic acids is 1. The van der Waals surface area contributed by atoms with E-state index in [-0.39, 0.29) is 16.4 Å². The van der Waals surface area contributed by atoms with E-state index in [4.69, 9.17) is 16.3 Å². The second kappa shape index (κ2) is 8.11. The zero-order valence-corrected chi connectivity index (χ0v) is 15.1. The molecule has 0 aliphatic rings. The number of benzene rings is 1. The summed E-state index contributed by atoms with van der Waals surface area (Å²) in [6, 6.07) is 6.00. The lowest BCUT2D eigenvalue weighted by molar-refractivity contribution is -0.385. The van der Waals surface area contributed by atoms with Crippen molar-refractivity contribution in [3.8, 4) is 0 Å². The third-order valence-corrected chi connectivity index (χ3v) is 4.21. The van der Waals surface area contributed by atoms with Crippen molar-refractivity contribution in [1.29, 1.82) is 0 Å². The Morgan fingerprint density at radius 1 is 1.48 bits per heavy atom. The summed E-state index contributed by atoms with van der Waals surface area (Å²) < 4.78 is 7.03. The molecule has 0 spiro atoms. The van der Waals surface area contributed by atoms with Crippen LogP contribution in [0, 0.1) is 17.0 Å². The van der Waals surface area contributed by atoms with Crippen molar-refractivity contribution in [2.45, 2.75) is 46.3 Å². The molecule has 0 aliphatic heterocycles. The fourth-order valence-corrected chi connectivity index (χ4v) is 2.76. The molecular weight excluding hydrogens is 346 g/mol.